The highest BCUT2D eigenvalue weighted by Crippen LogP contribution is 2.19. The molecule has 6 nitrogen and oxygen atoms in total. The molecule has 2 rings (SSSR count). The van der Waals surface area contributed by atoms with Crippen LogP contribution in [0, 0.1) is 22.7 Å². The molecule has 0 spiro atoms. The zero-order valence-electron chi connectivity index (χ0n) is 7.75. The Labute approximate surface area is 99.5 Å². The third kappa shape index (κ3) is 1.74. The van der Waals surface area contributed by atoms with Crippen LogP contribution in [-0.4, -0.2) is 19.1 Å². The van der Waals surface area contributed by atoms with Crippen molar-refractivity contribution in [1.82, 2.24) is 19.1 Å². The minimum Gasteiger partial charge on any atom is -0.315 e. The van der Waals surface area contributed by atoms with Crippen molar-refractivity contribution in [3.8, 4) is 12.1 Å². The zero-order valence-corrected chi connectivity index (χ0v) is 9.33. The fraction of sp³-hybridized carbons (Fsp3) is 0.125. The molecule has 2 aromatic rings. The van der Waals surface area contributed by atoms with Gasteiger partial charge in [0, 0.05) is 11.5 Å². The summed E-state index contributed by atoms with van der Waals surface area (Å²) in [5.41, 5.74) is 0.860. The molecule has 0 saturated carbocycles. The van der Waals surface area contributed by atoms with Crippen LogP contribution in [0.3, 0.4) is 0 Å². The Morgan fingerprint density at radius 3 is 2.81 bits per heavy atom. The normalized spacial score (nSPS) is 9.69. The first kappa shape index (κ1) is 10.6. The second-order valence-corrected chi connectivity index (χ2v) is 4.14. The van der Waals surface area contributed by atoms with Gasteiger partial charge in [0.1, 0.15) is 22.2 Å². The van der Waals surface area contributed by atoms with E-state index in [1.807, 2.05) is 12.1 Å². The van der Waals surface area contributed by atoms with Gasteiger partial charge in [0.05, 0.1) is 12.9 Å². The first-order valence-corrected chi connectivity index (χ1v) is 5.23. The molecule has 0 saturated heterocycles. The monoisotopic (exact) mass is 250 g/mol. The largest absolute Gasteiger partial charge is 0.315 e. The van der Waals surface area contributed by atoms with Crippen LogP contribution >= 0.6 is 23.1 Å². The van der Waals surface area contributed by atoms with E-state index >= 15 is 0 Å². The highest BCUT2D eigenvalue weighted by atomic mass is 35.5. The van der Waals surface area contributed by atoms with Gasteiger partial charge in [-0.15, -0.1) is 5.10 Å². The van der Waals surface area contributed by atoms with Gasteiger partial charge in [-0.1, -0.05) is 16.1 Å². The van der Waals surface area contributed by atoms with Crippen molar-refractivity contribution in [2.24, 2.45) is 0 Å². The quantitative estimate of drug-likeness (QED) is 0.798. The van der Waals surface area contributed by atoms with Crippen molar-refractivity contribution in [3.63, 3.8) is 0 Å². The lowest BCUT2D eigenvalue weighted by Gasteiger charge is -1.99. The van der Waals surface area contributed by atoms with Crippen molar-refractivity contribution in [1.29, 1.82) is 10.5 Å². The Morgan fingerprint density at radius 1 is 1.44 bits per heavy atom. The highest BCUT2D eigenvalue weighted by molar-refractivity contribution is 7.10. The number of aromatic nitrogens is 4. The van der Waals surface area contributed by atoms with E-state index in [1.165, 1.54) is 10.9 Å². The van der Waals surface area contributed by atoms with Gasteiger partial charge >= 0.3 is 0 Å². The number of hydrogen-bond donors (Lipinski definition) is 0. The number of nitriles is 2. The summed E-state index contributed by atoms with van der Waals surface area (Å²) in [6.07, 6.45) is 1.41. The molecule has 0 aromatic carbocycles. The lowest BCUT2D eigenvalue weighted by molar-refractivity contribution is 0.758. The number of imidazole rings is 1. The highest BCUT2D eigenvalue weighted by Gasteiger charge is 2.13. The predicted octanol–water partition coefficient (Wildman–Crippen LogP) is 1.18. The Bertz CT molecular complexity index is 601. The molecular weight excluding hydrogens is 248 g/mol. The van der Waals surface area contributed by atoms with E-state index in [2.05, 4.69) is 14.6 Å². The second kappa shape index (κ2) is 4.27. The van der Waals surface area contributed by atoms with Gasteiger partial charge in [-0.25, -0.2) is 4.98 Å². The van der Waals surface area contributed by atoms with E-state index in [4.69, 9.17) is 22.1 Å². The maximum Gasteiger partial charge on any atom is 0.176 e. The standard InChI is InChI=1S/C8H3ClN6S/c9-8-6(13-14-16-8)3-15-4-12-5(1-10)7(15)2-11/h4H,3H2. The fourth-order valence-corrected chi connectivity index (χ4v) is 1.77. The summed E-state index contributed by atoms with van der Waals surface area (Å²) in [7, 11) is 0. The molecule has 0 unspecified atom stereocenters. The predicted molar refractivity (Wildman–Crippen MR) is 55.7 cm³/mol. The van der Waals surface area contributed by atoms with Crippen LogP contribution in [0.15, 0.2) is 6.33 Å². The van der Waals surface area contributed by atoms with E-state index in [1.54, 1.807) is 0 Å². The molecule has 0 amide bonds. The summed E-state index contributed by atoms with van der Waals surface area (Å²) in [4.78, 5) is 3.81. The Hall–Kier alpha value is -1.96. The van der Waals surface area contributed by atoms with Crippen molar-refractivity contribution in [3.05, 3.63) is 27.7 Å². The van der Waals surface area contributed by atoms with Crippen molar-refractivity contribution in [2.75, 3.05) is 0 Å². The molecule has 0 aliphatic rings. The van der Waals surface area contributed by atoms with E-state index in [-0.39, 0.29) is 17.9 Å². The molecule has 0 fully saturated rings. The molecule has 0 N–H and O–H groups in total. The van der Waals surface area contributed by atoms with E-state index < -0.39 is 0 Å². The topological polar surface area (TPSA) is 91.2 Å². The van der Waals surface area contributed by atoms with Gasteiger partial charge < -0.3 is 4.57 Å². The average Bonchev–Trinajstić information content (AvgIpc) is 2.86. The molecule has 0 bridgehead atoms. The summed E-state index contributed by atoms with van der Waals surface area (Å²) in [6.45, 7) is 0.285. The summed E-state index contributed by atoms with van der Waals surface area (Å²) < 4.78 is 5.66. The summed E-state index contributed by atoms with van der Waals surface area (Å²) in [6, 6.07) is 3.76. The summed E-state index contributed by atoms with van der Waals surface area (Å²) >= 11 is 6.91. The lowest BCUT2D eigenvalue weighted by atomic mass is 10.3. The maximum atomic E-state index is 8.89. The number of halogens is 1. The van der Waals surface area contributed by atoms with E-state index in [0.29, 0.717) is 10.0 Å². The average molecular weight is 251 g/mol. The number of hydrogen-bond acceptors (Lipinski definition) is 6. The van der Waals surface area contributed by atoms with Gasteiger partial charge in [-0.2, -0.15) is 10.5 Å². The van der Waals surface area contributed by atoms with E-state index in [9.17, 15) is 0 Å². The molecule has 0 atom stereocenters. The second-order valence-electron chi connectivity index (χ2n) is 2.79. The van der Waals surface area contributed by atoms with Crippen LogP contribution in [0.25, 0.3) is 0 Å². The van der Waals surface area contributed by atoms with Gasteiger partial charge in [0.2, 0.25) is 0 Å². The molecule has 8 heteroatoms. The number of rotatable bonds is 2. The summed E-state index contributed by atoms with van der Waals surface area (Å²) in [5.74, 6) is 0. The molecule has 0 radical (unpaired) electrons. The minimum absolute atomic E-state index is 0.0989. The van der Waals surface area contributed by atoms with Crippen molar-refractivity contribution in [2.45, 2.75) is 6.54 Å². The van der Waals surface area contributed by atoms with Crippen LogP contribution < -0.4 is 0 Å². The first-order chi connectivity index (χ1) is 7.76. The smallest absolute Gasteiger partial charge is 0.176 e. The van der Waals surface area contributed by atoms with Crippen molar-refractivity contribution >= 4 is 23.1 Å². The molecule has 2 aromatic heterocycles. The SMILES string of the molecule is N#Cc1ncn(Cc2nnsc2Cl)c1C#N. The van der Waals surface area contributed by atoms with E-state index in [0.717, 1.165) is 11.5 Å². The van der Waals surface area contributed by atoms with Crippen molar-refractivity contribution < 1.29 is 0 Å². The third-order valence-electron chi connectivity index (χ3n) is 1.88. The van der Waals surface area contributed by atoms with Gasteiger partial charge in [0.25, 0.3) is 0 Å². The molecular formula is C8H3ClN6S. The molecule has 16 heavy (non-hydrogen) atoms. The van der Waals surface area contributed by atoms with Gasteiger partial charge in [-0.05, 0) is 0 Å². The van der Waals surface area contributed by atoms with Crippen LogP contribution in [0.1, 0.15) is 17.1 Å². The number of nitrogens with zero attached hydrogens (tertiary/aromatic N) is 6. The summed E-state index contributed by atoms with van der Waals surface area (Å²) in [5, 5.41) is 21.4. The van der Waals surface area contributed by atoms with Gasteiger partial charge in [-0.3, -0.25) is 0 Å². The lowest BCUT2D eigenvalue weighted by Crippen LogP contribution is -2.02. The Morgan fingerprint density at radius 2 is 2.25 bits per heavy atom. The minimum atomic E-state index is 0.0989. The maximum absolute atomic E-state index is 8.89. The Kier molecular flexibility index (Phi) is 2.82. The van der Waals surface area contributed by atoms with Crippen LogP contribution in [0.2, 0.25) is 4.34 Å². The van der Waals surface area contributed by atoms with Crippen LogP contribution in [-0.2, 0) is 6.54 Å². The molecule has 78 valence electrons. The van der Waals surface area contributed by atoms with Crippen LogP contribution in [0.5, 0.6) is 0 Å². The zero-order chi connectivity index (χ0) is 11.5. The first-order valence-electron chi connectivity index (χ1n) is 4.08. The molecule has 0 aliphatic heterocycles. The molecule has 2 heterocycles. The van der Waals surface area contributed by atoms with Gasteiger partial charge in [0.15, 0.2) is 11.4 Å². The third-order valence-corrected chi connectivity index (χ3v) is 2.86. The fourth-order valence-electron chi connectivity index (χ4n) is 1.15. The molecule has 0 aliphatic carbocycles. The van der Waals surface area contributed by atoms with Crippen LogP contribution in [0.4, 0.5) is 0 Å². The Balaban J connectivity index is 2.37.